The van der Waals surface area contributed by atoms with Gasteiger partial charge in [-0.25, -0.2) is 4.98 Å². The summed E-state index contributed by atoms with van der Waals surface area (Å²) in [5.74, 6) is -0.00847. The summed E-state index contributed by atoms with van der Waals surface area (Å²) in [5.41, 5.74) is 0.853. The molecular weight excluding hydrogens is 298 g/mol. The van der Waals surface area contributed by atoms with Gasteiger partial charge >= 0.3 is 0 Å². The van der Waals surface area contributed by atoms with Crippen LogP contribution >= 0.6 is 11.3 Å². The van der Waals surface area contributed by atoms with Gasteiger partial charge in [0.05, 0.1) is 6.04 Å². The molecule has 2 aromatic heterocycles. The van der Waals surface area contributed by atoms with E-state index in [1.807, 2.05) is 17.2 Å². The van der Waals surface area contributed by atoms with Crippen molar-refractivity contribution >= 4 is 17.2 Å². The number of aromatic nitrogens is 2. The molecule has 1 unspecified atom stereocenters. The molecule has 116 valence electrons. The number of hydrogen-bond donors (Lipinski definition) is 0. The van der Waals surface area contributed by atoms with Crippen LogP contribution in [0.1, 0.15) is 36.0 Å². The quantitative estimate of drug-likeness (QED) is 0.873. The van der Waals surface area contributed by atoms with Gasteiger partial charge in [-0.15, -0.1) is 11.3 Å². The van der Waals surface area contributed by atoms with E-state index in [0.29, 0.717) is 0 Å². The zero-order valence-corrected chi connectivity index (χ0v) is 13.4. The average molecular weight is 317 g/mol. The van der Waals surface area contributed by atoms with Crippen LogP contribution in [0.5, 0.6) is 0 Å². The van der Waals surface area contributed by atoms with E-state index in [2.05, 4.69) is 4.98 Å². The van der Waals surface area contributed by atoms with Gasteiger partial charge in [-0.05, 0) is 32.3 Å². The molecule has 1 fully saturated rings. The standard InChI is InChI=1S/C16H19N3O2S/c1-12-11-22-16(17-12)13-6-2-5-9-19(13)15(21)10-18-8-4-3-7-14(18)20/h3-4,7-8,11,13H,2,5-6,9-10H2,1H3. The van der Waals surface area contributed by atoms with Crippen molar-refractivity contribution in [2.75, 3.05) is 6.54 Å². The Labute approximate surface area is 133 Å². The highest BCUT2D eigenvalue weighted by Gasteiger charge is 2.29. The fourth-order valence-corrected chi connectivity index (χ4v) is 3.78. The number of rotatable bonds is 3. The number of nitrogens with zero attached hydrogens (tertiary/aromatic N) is 3. The average Bonchev–Trinajstić information content (AvgIpc) is 2.96. The van der Waals surface area contributed by atoms with Crippen LogP contribution in [0.4, 0.5) is 0 Å². The number of amides is 1. The number of carbonyl (C=O) groups excluding carboxylic acids is 1. The third-order valence-corrected chi connectivity index (χ3v) is 5.01. The highest BCUT2D eigenvalue weighted by Crippen LogP contribution is 2.32. The molecule has 1 saturated heterocycles. The Kier molecular flexibility index (Phi) is 4.38. The van der Waals surface area contributed by atoms with Gasteiger partial charge in [0.25, 0.3) is 5.56 Å². The number of hydrogen-bond acceptors (Lipinski definition) is 4. The fraction of sp³-hybridized carbons (Fsp3) is 0.438. The number of piperidine rings is 1. The normalized spacial score (nSPS) is 18.4. The highest BCUT2D eigenvalue weighted by atomic mass is 32.1. The largest absolute Gasteiger partial charge is 0.332 e. The zero-order valence-electron chi connectivity index (χ0n) is 12.6. The number of pyridine rings is 1. The number of aryl methyl sites for hydroxylation is 1. The Balaban J connectivity index is 1.80. The number of likely N-dealkylation sites (tertiary alicyclic amines) is 1. The van der Waals surface area contributed by atoms with E-state index in [9.17, 15) is 9.59 Å². The van der Waals surface area contributed by atoms with Gasteiger partial charge in [-0.2, -0.15) is 0 Å². The summed E-state index contributed by atoms with van der Waals surface area (Å²) < 4.78 is 1.46. The summed E-state index contributed by atoms with van der Waals surface area (Å²) in [6.07, 6.45) is 4.73. The van der Waals surface area contributed by atoms with Gasteiger partial charge in [-0.1, -0.05) is 6.07 Å². The first-order valence-electron chi connectivity index (χ1n) is 7.52. The molecule has 0 radical (unpaired) electrons. The molecule has 6 heteroatoms. The van der Waals surface area contributed by atoms with Gasteiger partial charge < -0.3 is 9.47 Å². The Morgan fingerprint density at radius 1 is 1.41 bits per heavy atom. The lowest BCUT2D eigenvalue weighted by molar-refractivity contribution is -0.135. The SMILES string of the molecule is Cc1csc(C2CCCCN2C(=O)Cn2ccccc2=O)n1. The van der Waals surface area contributed by atoms with E-state index in [1.165, 1.54) is 10.6 Å². The van der Waals surface area contributed by atoms with Crippen LogP contribution < -0.4 is 5.56 Å². The van der Waals surface area contributed by atoms with E-state index in [4.69, 9.17) is 0 Å². The molecule has 5 nitrogen and oxygen atoms in total. The van der Waals surface area contributed by atoms with Crippen molar-refractivity contribution in [2.45, 2.75) is 38.8 Å². The molecule has 0 saturated carbocycles. The minimum absolute atomic E-state index is 0.00847. The molecule has 1 atom stereocenters. The minimum atomic E-state index is -0.144. The lowest BCUT2D eigenvalue weighted by atomic mass is 10.0. The van der Waals surface area contributed by atoms with Crippen LogP contribution in [-0.2, 0) is 11.3 Å². The van der Waals surface area contributed by atoms with E-state index in [1.54, 1.807) is 29.7 Å². The van der Waals surface area contributed by atoms with E-state index in [0.717, 1.165) is 36.5 Å². The number of carbonyl (C=O) groups is 1. The predicted octanol–water partition coefficient (Wildman–Crippen LogP) is 2.37. The van der Waals surface area contributed by atoms with Crippen molar-refractivity contribution in [2.24, 2.45) is 0 Å². The van der Waals surface area contributed by atoms with E-state index < -0.39 is 0 Å². The van der Waals surface area contributed by atoms with Gasteiger partial charge in [0, 0.05) is 29.9 Å². The molecule has 1 aliphatic heterocycles. The molecule has 0 N–H and O–H groups in total. The first-order chi connectivity index (χ1) is 10.6. The maximum Gasteiger partial charge on any atom is 0.250 e. The maximum atomic E-state index is 12.7. The summed E-state index contributed by atoms with van der Waals surface area (Å²) in [4.78, 5) is 30.9. The Hall–Kier alpha value is -1.95. The molecule has 0 aromatic carbocycles. The minimum Gasteiger partial charge on any atom is -0.332 e. The molecule has 0 aliphatic carbocycles. The fourth-order valence-electron chi connectivity index (χ4n) is 2.84. The zero-order chi connectivity index (χ0) is 15.5. The van der Waals surface area contributed by atoms with Gasteiger partial charge in [0.1, 0.15) is 11.6 Å². The monoisotopic (exact) mass is 317 g/mol. The van der Waals surface area contributed by atoms with Crippen molar-refractivity contribution in [3.63, 3.8) is 0 Å². The second-order valence-corrected chi connectivity index (χ2v) is 6.48. The molecule has 0 spiro atoms. The highest BCUT2D eigenvalue weighted by molar-refractivity contribution is 7.09. The van der Waals surface area contributed by atoms with Crippen LogP contribution in [0.15, 0.2) is 34.6 Å². The van der Waals surface area contributed by atoms with Gasteiger partial charge in [0.15, 0.2) is 0 Å². The van der Waals surface area contributed by atoms with E-state index >= 15 is 0 Å². The first kappa shape index (κ1) is 15.0. The molecule has 1 aliphatic rings. The van der Waals surface area contributed by atoms with Crippen LogP contribution in [0.3, 0.4) is 0 Å². The molecule has 2 aromatic rings. The third-order valence-electron chi connectivity index (χ3n) is 3.95. The first-order valence-corrected chi connectivity index (χ1v) is 8.40. The topological polar surface area (TPSA) is 55.2 Å². The Morgan fingerprint density at radius 2 is 2.27 bits per heavy atom. The van der Waals surface area contributed by atoms with Crippen molar-refractivity contribution in [1.82, 2.24) is 14.5 Å². The van der Waals surface area contributed by atoms with Gasteiger partial charge in [0.2, 0.25) is 5.91 Å². The molecule has 0 bridgehead atoms. The second kappa shape index (κ2) is 6.44. The number of thiazole rings is 1. The molecule has 1 amide bonds. The molecule has 3 rings (SSSR count). The Bertz CT molecular complexity index is 722. The second-order valence-electron chi connectivity index (χ2n) is 5.59. The van der Waals surface area contributed by atoms with Crippen LogP contribution in [0.2, 0.25) is 0 Å². The lowest BCUT2D eigenvalue weighted by Crippen LogP contribution is -2.41. The van der Waals surface area contributed by atoms with Crippen molar-refractivity contribution in [3.8, 4) is 0 Å². The summed E-state index contributed by atoms with van der Waals surface area (Å²) in [6.45, 7) is 2.81. The van der Waals surface area contributed by atoms with Crippen molar-refractivity contribution < 1.29 is 4.79 Å². The van der Waals surface area contributed by atoms with Gasteiger partial charge in [-0.3, -0.25) is 9.59 Å². The summed E-state index contributed by atoms with van der Waals surface area (Å²) in [6, 6.07) is 4.99. The summed E-state index contributed by atoms with van der Waals surface area (Å²) >= 11 is 1.61. The van der Waals surface area contributed by atoms with Crippen molar-refractivity contribution in [3.05, 3.63) is 50.8 Å². The van der Waals surface area contributed by atoms with Crippen LogP contribution in [0, 0.1) is 6.92 Å². The third kappa shape index (κ3) is 3.11. The smallest absolute Gasteiger partial charge is 0.250 e. The molecule has 22 heavy (non-hydrogen) atoms. The maximum absolute atomic E-state index is 12.7. The summed E-state index contributed by atoms with van der Waals surface area (Å²) in [5, 5.41) is 3.03. The van der Waals surface area contributed by atoms with Crippen LogP contribution in [0.25, 0.3) is 0 Å². The molecular formula is C16H19N3O2S. The van der Waals surface area contributed by atoms with E-state index in [-0.39, 0.29) is 24.1 Å². The Morgan fingerprint density at radius 3 is 3.00 bits per heavy atom. The van der Waals surface area contributed by atoms with Crippen LogP contribution in [-0.4, -0.2) is 26.9 Å². The summed E-state index contributed by atoms with van der Waals surface area (Å²) in [7, 11) is 0. The lowest BCUT2D eigenvalue weighted by Gasteiger charge is -2.34. The predicted molar refractivity (Wildman–Crippen MR) is 85.9 cm³/mol. The molecule has 3 heterocycles. The van der Waals surface area contributed by atoms with Crippen molar-refractivity contribution in [1.29, 1.82) is 0 Å².